The third-order valence-electron chi connectivity index (χ3n) is 3.94. The number of nitrogens with zero attached hydrogens (tertiary/aromatic N) is 1. The van der Waals surface area contributed by atoms with Crippen molar-refractivity contribution in [2.75, 3.05) is 13.7 Å². The average molecular weight is 322 g/mol. The van der Waals surface area contributed by atoms with E-state index in [-0.39, 0.29) is 4.90 Å². The fourth-order valence-corrected chi connectivity index (χ4v) is 3.38. The molecule has 0 amide bonds. The van der Waals surface area contributed by atoms with Gasteiger partial charge >= 0.3 is 0 Å². The summed E-state index contributed by atoms with van der Waals surface area (Å²) in [6.45, 7) is 4.46. The zero-order chi connectivity index (χ0) is 16.3. The van der Waals surface area contributed by atoms with Crippen molar-refractivity contribution in [2.45, 2.75) is 25.2 Å². The lowest BCUT2D eigenvalue weighted by molar-refractivity contribution is 0.414. The lowest BCUT2D eigenvalue weighted by Gasteiger charge is -2.08. The maximum atomic E-state index is 12.2. The van der Waals surface area contributed by atoms with E-state index in [2.05, 4.69) is 15.4 Å². The number of rotatable bonds is 6. The number of methoxy groups -OCH3 is 1. The van der Waals surface area contributed by atoms with Gasteiger partial charge in [0.25, 0.3) is 0 Å². The third-order valence-corrected chi connectivity index (χ3v) is 5.41. The molecule has 120 valence electrons. The highest BCUT2D eigenvalue weighted by Gasteiger charge is 2.14. The molecule has 0 fully saturated rings. The van der Waals surface area contributed by atoms with Crippen molar-refractivity contribution in [3.8, 4) is 5.75 Å². The van der Waals surface area contributed by atoms with Crippen molar-refractivity contribution in [1.29, 1.82) is 0 Å². The fourth-order valence-electron chi connectivity index (χ4n) is 2.34. The molecule has 1 aromatic heterocycles. The van der Waals surface area contributed by atoms with Crippen LogP contribution in [0, 0.1) is 13.8 Å². The highest BCUT2D eigenvalue weighted by atomic mass is 32.2. The SMILES string of the molecule is COc1ccc(S(=O)(=O)NCCc2cc(C)n(C)c2C)cc1. The first-order valence-corrected chi connectivity index (χ1v) is 8.59. The van der Waals surface area contributed by atoms with Crippen molar-refractivity contribution < 1.29 is 13.2 Å². The van der Waals surface area contributed by atoms with Crippen LogP contribution < -0.4 is 9.46 Å². The third kappa shape index (κ3) is 3.51. The lowest BCUT2D eigenvalue weighted by Crippen LogP contribution is -2.26. The van der Waals surface area contributed by atoms with Crippen LogP contribution in [0.4, 0.5) is 0 Å². The minimum atomic E-state index is -3.48. The monoisotopic (exact) mass is 322 g/mol. The Kier molecular flexibility index (Phi) is 4.93. The van der Waals surface area contributed by atoms with Gasteiger partial charge in [-0.15, -0.1) is 0 Å². The summed E-state index contributed by atoms with van der Waals surface area (Å²) in [4.78, 5) is 0.245. The first-order valence-electron chi connectivity index (χ1n) is 7.10. The maximum Gasteiger partial charge on any atom is 0.240 e. The van der Waals surface area contributed by atoms with Crippen LogP contribution in [0.5, 0.6) is 5.75 Å². The molecule has 1 heterocycles. The van der Waals surface area contributed by atoms with E-state index in [1.807, 2.05) is 20.9 Å². The lowest BCUT2D eigenvalue weighted by atomic mass is 10.2. The summed E-state index contributed by atoms with van der Waals surface area (Å²) in [6, 6.07) is 8.45. The molecule has 22 heavy (non-hydrogen) atoms. The fraction of sp³-hybridized carbons (Fsp3) is 0.375. The summed E-state index contributed by atoms with van der Waals surface area (Å²) in [6.07, 6.45) is 0.670. The molecule has 0 saturated carbocycles. The van der Waals surface area contributed by atoms with Crippen LogP contribution in [-0.4, -0.2) is 26.6 Å². The van der Waals surface area contributed by atoms with Crippen LogP contribution in [0.2, 0.25) is 0 Å². The van der Waals surface area contributed by atoms with Gasteiger partial charge in [0, 0.05) is 25.0 Å². The van der Waals surface area contributed by atoms with Crippen LogP contribution in [-0.2, 0) is 23.5 Å². The molecule has 0 bridgehead atoms. The van der Waals surface area contributed by atoms with Gasteiger partial charge in [-0.25, -0.2) is 13.1 Å². The molecular weight excluding hydrogens is 300 g/mol. The van der Waals surface area contributed by atoms with Crippen molar-refractivity contribution >= 4 is 10.0 Å². The molecule has 0 aliphatic heterocycles. The highest BCUT2D eigenvalue weighted by molar-refractivity contribution is 7.89. The van der Waals surface area contributed by atoms with Gasteiger partial charge in [0.1, 0.15) is 5.75 Å². The zero-order valence-electron chi connectivity index (χ0n) is 13.4. The molecule has 0 aliphatic carbocycles. The van der Waals surface area contributed by atoms with Crippen LogP contribution in [0.15, 0.2) is 35.2 Å². The van der Waals surface area contributed by atoms with Crippen molar-refractivity contribution in [2.24, 2.45) is 7.05 Å². The Morgan fingerprint density at radius 1 is 1.18 bits per heavy atom. The number of hydrogen-bond acceptors (Lipinski definition) is 3. The van der Waals surface area contributed by atoms with Gasteiger partial charge < -0.3 is 9.30 Å². The summed E-state index contributed by atoms with van der Waals surface area (Å²) < 4.78 is 34.2. The van der Waals surface area contributed by atoms with Crippen molar-refractivity contribution in [3.63, 3.8) is 0 Å². The Bertz CT molecular complexity index is 746. The first-order chi connectivity index (χ1) is 10.3. The Morgan fingerprint density at radius 3 is 2.32 bits per heavy atom. The van der Waals surface area contributed by atoms with Crippen molar-refractivity contribution in [1.82, 2.24) is 9.29 Å². The predicted molar refractivity (Wildman–Crippen MR) is 86.8 cm³/mol. The highest BCUT2D eigenvalue weighted by Crippen LogP contribution is 2.16. The Balaban J connectivity index is 2.01. The van der Waals surface area contributed by atoms with E-state index in [4.69, 9.17) is 4.74 Å². The molecule has 1 aromatic carbocycles. The number of sulfonamides is 1. The largest absolute Gasteiger partial charge is 0.497 e. The van der Waals surface area contributed by atoms with E-state index < -0.39 is 10.0 Å². The Labute approximate surface area is 132 Å². The van der Waals surface area contributed by atoms with Crippen LogP contribution >= 0.6 is 0 Å². The normalized spacial score (nSPS) is 11.6. The molecule has 0 spiro atoms. The molecule has 0 unspecified atom stereocenters. The zero-order valence-corrected chi connectivity index (χ0v) is 14.2. The van der Waals surface area contributed by atoms with Gasteiger partial charge in [0.2, 0.25) is 10.0 Å². The number of aromatic nitrogens is 1. The maximum absolute atomic E-state index is 12.2. The van der Waals surface area contributed by atoms with E-state index >= 15 is 0 Å². The number of hydrogen-bond donors (Lipinski definition) is 1. The minimum Gasteiger partial charge on any atom is -0.497 e. The number of nitrogens with one attached hydrogen (secondary N) is 1. The second-order valence-corrected chi connectivity index (χ2v) is 7.05. The molecule has 0 radical (unpaired) electrons. The smallest absolute Gasteiger partial charge is 0.240 e. The molecular formula is C16H22N2O3S. The molecule has 6 heteroatoms. The molecule has 2 rings (SSSR count). The molecule has 0 atom stereocenters. The van der Waals surface area contributed by atoms with E-state index in [1.54, 1.807) is 31.4 Å². The van der Waals surface area contributed by atoms with E-state index in [0.29, 0.717) is 18.7 Å². The van der Waals surface area contributed by atoms with E-state index in [0.717, 1.165) is 5.56 Å². The summed E-state index contributed by atoms with van der Waals surface area (Å²) in [5, 5.41) is 0. The Morgan fingerprint density at radius 2 is 1.82 bits per heavy atom. The van der Waals surface area contributed by atoms with E-state index in [1.165, 1.54) is 11.4 Å². The van der Waals surface area contributed by atoms with Crippen LogP contribution in [0.25, 0.3) is 0 Å². The standard InChI is InChI=1S/C16H22N2O3S/c1-12-11-14(13(2)18(12)3)9-10-17-22(19,20)16-7-5-15(21-4)6-8-16/h5-8,11,17H,9-10H2,1-4H3. The molecule has 5 nitrogen and oxygen atoms in total. The second kappa shape index (κ2) is 6.54. The van der Waals surface area contributed by atoms with E-state index in [9.17, 15) is 8.42 Å². The van der Waals surface area contributed by atoms with Crippen LogP contribution in [0.3, 0.4) is 0 Å². The summed E-state index contributed by atoms with van der Waals surface area (Å²) >= 11 is 0. The molecule has 0 saturated heterocycles. The predicted octanol–water partition coefficient (Wildman–Crippen LogP) is 2.17. The van der Waals surface area contributed by atoms with Gasteiger partial charge in [0.15, 0.2) is 0 Å². The summed E-state index contributed by atoms with van der Waals surface area (Å²) in [7, 11) is 0.0732. The van der Waals surface area contributed by atoms with Gasteiger partial charge in [-0.05, 0) is 56.2 Å². The molecule has 2 aromatic rings. The van der Waals surface area contributed by atoms with Gasteiger partial charge in [-0.2, -0.15) is 0 Å². The summed E-state index contributed by atoms with van der Waals surface area (Å²) in [5.74, 6) is 0.634. The van der Waals surface area contributed by atoms with Gasteiger partial charge in [0.05, 0.1) is 12.0 Å². The Hall–Kier alpha value is -1.79. The average Bonchev–Trinajstić information content (AvgIpc) is 2.74. The number of aryl methyl sites for hydroxylation is 1. The van der Waals surface area contributed by atoms with Crippen molar-refractivity contribution in [3.05, 3.63) is 47.3 Å². The van der Waals surface area contributed by atoms with Crippen LogP contribution in [0.1, 0.15) is 17.0 Å². The first kappa shape index (κ1) is 16.6. The van der Waals surface area contributed by atoms with Gasteiger partial charge in [-0.3, -0.25) is 0 Å². The quantitative estimate of drug-likeness (QED) is 0.887. The molecule has 0 aliphatic rings. The number of benzene rings is 1. The minimum absolute atomic E-state index is 0.245. The molecule has 1 N–H and O–H groups in total. The summed E-state index contributed by atoms with van der Waals surface area (Å²) in [5.41, 5.74) is 3.50. The second-order valence-electron chi connectivity index (χ2n) is 5.28. The van der Waals surface area contributed by atoms with Gasteiger partial charge in [-0.1, -0.05) is 0 Å². The topological polar surface area (TPSA) is 60.3 Å². The number of ether oxygens (including phenoxy) is 1.